The lowest BCUT2D eigenvalue weighted by Crippen LogP contribution is -2.46. The van der Waals surface area contributed by atoms with Crippen LogP contribution in [0.25, 0.3) is 0 Å². The maximum absolute atomic E-state index is 13.4. The second-order valence-corrected chi connectivity index (χ2v) is 6.12. The van der Waals surface area contributed by atoms with Crippen molar-refractivity contribution in [2.75, 3.05) is 25.0 Å². The fourth-order valence-electron chi connectivity index (χ4n) is 3.01. The first-order valence-electron chi connectivity index (χ1n) is 7.51. The number of amides is 3. The van der Waals surface area contributed by atoms with Crippen LogP contribution in [0.2, 0.25) is 0 Å². The van der Waals surface area contributed by atoms with Gasteiger partial charge in [0.1, 0.15) is 5.82 Å². The average Bonchev–Trinajstić information content (AvgIpc) is 2.39. The Bertz CT molecular complexity index is 540. The number of anilines is 1. The van der Waals surface area contributed by atoms with E-state index < -0.39 is 11.8 Å². The predicted molar refractivity (Wildman–Crippen MR) is 82.9 cm³/mol. The number of para-hydroxylation sites is 1. The topological polar surface area (TPSA) is 61.4 Å². The van der Waals surface area contributed by atoms with Gasteiger partial charge in [0.05, 0.1) is 12.2 Å². The molecule has 1 saturated heterocycles. The highest BCUT2D eigenvalue weighted by atomic mass is 19.1. The fourth-order valence-corrected chi connectivity index (χ4v) is 3.01. The number of hydrogen-bond acceptors (Lipinski definition) is 3. The first-order chi connectivity index (χ1) is 10.4. The third kappa shape index (κ3) is 4.80. The number of halogens is 1. The fraction of sp³-hybridized carbons (Fsp3) is 0.500. The van der Waals surface area contributed by atoms with Gasteiger partial charge in [0.25, 0.3) is 0 Å². The molecule has 0 radical (unpaired) electrons. The summed E-state index contributed by atoms with van der Waals surface area (Å²) in [5.74, 6) is 0.173. The summed E-state index contributed by atoms with van der Waals surface area (Å²) < 4.78 is 13.4. The summed E-state index contributed by atoms with van der Waals surface area (Å²) in [6, 6.07) is 5.11. The Morgan fingerprint density at radius 3 is 2.50 bits per heavy atom. The maximum atomic E-state index is 13.4. The van der Waals surface area contributed by atoms with Crippen molar-refractivity contribution >= 4 is 17.6 Å². The van der Waals surface area contributed by atoms with Crippen molar-refractivity contribution in [2.24, 2.45) is 11.8 Å². The van der Waals surface area contributed by atoms with Gasteiger partial charge in [0.15, 0.2) is 0 Å². The van der Waals surface area contributed by atoms with Gasteiger partial charge < -0.3 is 5.32 Å². The van der Waals surface area contributed by atoms with E-state index in [0.29, 0.717) is 11.8 Å². The second kappa shape index (κ2) is 7.35. The highest BCUT2D eigenvalue weighted by Crippen LogP contribution is 2.20. The van der Waals surface area contributed by atoms with E-state index in [9.17, 15) is 14.0 Å². The lowest BCUT2D eigenvalue weighted by molar-refractivity contribution is -0.121. The van der Waals surface area contributed by atoms with Crippen molar-refractivity contribution in [2.45, 2.75) is 20.3 Å². The number of carbonyl (C=O) groups excluding carboxylic acids is 2. The molecule has 3 amide bonds. The minimum atomic E-state index is -0.715. The van der Waals surface area contributed by atoms with Crippen molar-refractivity contribution in [1.29, 1.82) is 0 Å². The SMILES string of the molecule is C[C@@H]1C[C@H](C)CN(CC(=O)NC(=O)Nc2ccccc2F)C1. The van der Waals surface area contributed by atoms with Crippen LogP contribution >= 0.6 is 0 Å². The Kier molecular flexibility index (Phi) is 5.49. The summed E-state index contributed by atoms with van der Waals surface area (Å²) in [6.45, 7) is 6.20. The van der Waals surface area contributed by atoms with Gasteiger partial charge in [-0.15, -0.1) is 0 Å². The molecule has 0 bridgehead atoms. The van der Waals surface area contributed by atoms with E-state index >= 15 is 0 Å². The zero-order chi connectivity index (χ0) is 16.1. The molecule has 2 rings (SSSR count). The number of piperidine rings is 1. The highest BCUT2D eigenvalue weighted by Gasteiger charge is 2.23. The monoisotopic (exact) mass is 307 g/mol. The molecule has 6 heteroatoms. The number of imide groups is 1. The Labute approximate surface area is 129 Å². The van der Waals surface area contributed by atoms with E-state index in [4.69, 9.17) is 0 Å². The number of benzene rings is 1. The van der Waals surface area contributed by atoms with Crippen molar-refractivity contribution in [3.63, 3.8) is 0 Å². The predicted octanol–water partition coefficient (Wildman–Crippen LogP) is 2.45. The number of rotatable bonds is 3. The molecule has 0 aromatic heterocycles. The summed E-state index contributed by atoms with van der Waals surface area (Å²) in [5.41, 5.74) is 0.0491. The highest BCUT2D eigenvalue weighted by molar-refractivity contribution is 6.01. The molecule has 2 N–H and O–H groups in total. The van der Waals surface area contributed by atoms with Crippen LogP contribution in [0.15, 0.2) is 24.3 Å². The van der Waals surface area contributed by atoms with E-state index in [1.807, 2.05) is 4.90 Å². The number of hydrogen-bond donors (Lipinski definition) is 2. The molecule has 0 aliphatic carbocycles. The Morgan fingerprint density at radius 2 is 1.86 bits per heavy atom. The van der Waals surface area contributed by atoms with Gasteiger partial charge in [-0.3, -0.25) is 15.0 Å². The number of nitrogens with one attached hydrogen (secondary N) is 2. The van der Waals surface area contributed by atoms with Gasteiger partial charge in [0, 0.05) is 13.1 Å². The largest absolute Gasteiger partial charge is 0.326 e. The van der Waals surface area contributed by atoms with Crippen LogP contribution in [-0.2, 0) is 4.79 Å². The van der Waals surface area contributed by atoms with Crippen molar-refractivity contribution in [3.8, 4) is 0 Å². The Balaban J connectivity index is 1.81. The molecule has 5 nitrogen and oxygen atoms in total. The summed E-state index contributed by atoms with van der Waals surface area (Å²) >= 11 is 0. The van der Waals surface area contributed by atoms with Crippen molar-refractivity contribution in [1.82, 2.24) is 10.2 Å². The molecular formula is C16H22FN3O2. The van der Waals surface area contributed by atoms with Gasteiger partial charge in [-0.05, 0) is 30.4 Å². The molecule has 0 unspecified atom stereocenters. The molecule has 1 fully saturated rings. The number of urea groups is 1. The molecule has 0 saturated carbocycles. The standard InChI is InChI=1S/C16H22FN3O2/c1-11-7-12(2)9-20(8-11)10-15(21)19-16(22)18-14-6-4-3-5-13(14)17/h3-6,11-12H,7-10H2,1-2H3,(H2,18,19,21,22)/t11-,12+. The molecule has 1 heterocycles. The number of likely N-dealkylation sites (tertiary alicyclic amines) is 1. The van der Waals surface area contributed by atoms with Crippen LogP contribution in [0.5, 0.6) is 0 Å². The maximum Gasteiger partial charge on any atom is 0.326 e. The minimum Gasteiger partial charge on any atom is -0.305 e. The van der Waals surface area contributed by atoms with Crippen LogP contribution in [-0.4, -0.2) is 36.5 Å². The number of carbonyl (C=O) groups is 2. The zero-order valence-corrected chi connectivity index (χ0v) is 12.9. The van der Waals surface area contributed by atoms with Crippen LogP contribution in [0.4, 0.5) is 14.9 Å². The van der Waals surface area contributed by atoms with Gasteiger partial charge in [-0.1, -0.05) is 26.0 Å². The van der Waals surface area contributed by atoms with Gasteiger partial charge in [0.2, 0.25) is 5.91 Å². The summed E-state index contributed by atoms with van der Waals surface area (Å²) in [5, 5.41) is 4.57. The lowest BCUT2D eigenvalue weighted by Gasteiger charge is -2.34. The Hall–Kier alpha value is -1.95. The van der Waals surface area contributed by atoms with Gasteiger partial charge in [-0.2, -0.15) is 0 Å². The van der Waals surface area contributed by atoms with Crippen molar-refractivity contribution < 1.29 is 14.0 Å². The number of nitrogens with zero attached hydrogens (tertiary/aromatic N) is 1. The van der Waals surface area contributed by atoms with Gasteiger partial charge in [-0.25, -0.2) is 9.18 Å². The normalized spacial score (nSPS) is 22.1. The van der Waals surface area contributed by atoms with E-state index in [1.54, 1.807) is 6.07 Å². The third-order valence-corrected chi connectivity index (χ3v) is 3.69. The minimum absolute atomic E-state index is 0.0491. The van der Waals surface area contributed by atoms with Crippen LogP contribution in [0.3, 0.4) is 0 Å². The van der Waals surface area contributed by atoms with Gasteiger partial charge >= 0.3 is 6.03 Å². The van der Waals surface area contributed by atoms with Crippen LogP contribution < -0.4 is 10.6 Å². The first-order valence-corrected chi connectivity index (χ1v) is 7.51. The zero-order valence-electron chi connectivity index (χ0n) is 12.9. The molecular weight excluding hydrogens is 285 g/mol. The molecule has 22 heavy (non-hydrogen) atoms. The summed E-state index contributed by atoms with van der Waals surface area (Å²) in [4.78, 5) is 25.7. The lowest BCUT2D eigenvalue weighted by atomic mass is 9.92. The smallest absolute Gasteiger partial charge is 0.305 e. The Morgan fingerprint density at radius 1 is 1.23 bits per heavy atom. The van der Waals surface area contributed by atoms with Crippen LogP contribution in [0, 0.1) is 17.7 Å². The molecule has 1 aliphatic rings. The molecule has 0 spiro atoms. The quantitative estimate of drug-likeness (QED) is 0.901. The van der Waals surface area contributed by atoms with Crippen molar-refractivity contribution in [3.05, 3.63) is 30.1 Å². The average molecular weight is 307 g/mol. The molecule has 2 atom stereocenters. The van der Waals surface area contributed by atoms with E-state index in [2.05, 4.69) is 24.5 Å². The first kappa shape index (κ1) is 16.4. The third-order valence-electron chi connectivity index (χ3n) is 3.69. The second-order valence-electron chi connectivity index (χ2n) is 6.12. The van der Waals surface area contributed by atoms with E-state index in [0.717, 1.165) is 19.5 Å². The molecule has 1 aromatic rings. The molecule has 120 valence electrons. The van der Waals surface area contributed by atoms with E-state index in [-0.39, 0.29) is 18.1 Å². The van der Waals surface area contributed by atoms with Crippen LogP contribution in [0.1, 0.15) is 20.3 Å². The summed E-state index contributed by atoms with van der Waals surface area (Å²) in [7, 11) is 0. The molecule has 1 aromatic carbocycles. The molecule has 1 aliphatic heterocycles. The summed E-state index contributed by atoms with van der Waals surface area (Å²) in [6.07, 6.45) is 1.16. The van der Waals surface area contributed by atoms with E-state index in [1.165, 1.54) is 18.2 Å².